The van der Waals surface area contributed by atoms with E-state index < -0.39 is 0 Å². The fourth-order valence-electron chi connectivity index (χ4n) is 1.17. The maximum Gasteiger partial charge on any atom is 0.192 e. The minimum absolute atomic E-state index is 0.240. The van der Waals surface area contributed by atoms with Gasteiger partial charge in [-0.3, -0.25) is 0 Å². The summed E-state index contributed by atoms with van der Waals surface area (Å²) in [5, 5.41) is 0. The van der Waals surface area contributed by atoms with Crippen LogP contribution < -0.4 is 0 Å². The molecule has 0 unspecified atom stereocenters. The predicted octanol–water partition coefficient (Wildman–Crippen LogP) is 2.58. The van der Waals surface area contributed by atoms with Gasteiger partial charge in [0, 0.05) is 13.0 Å². The number of oxazole rings is 1. The highest BCUT2D eigenvalue weighted by Crippen LogP contribution is 2.18. The molecule has 0 N–H and O–H groups in total. The Kier molecular flexibility index (Phi) is 1.40. The molecule has 0 amide bonds. The van der Waals surface area contributed by atoms with Gasteiger partial charge in [-0.05, 0) is 18.6 Å². The number of aryl methyl sites for hydroxylation is 2. The zero-order valence-electron chi connectivity index (χ0n) is 6.89. The number of benzene rings is 1. The van der Waals surface area contributed by atoms with Crippen molar-refractivity contribution in [2.75, 3.05) is 0 Å². The van der Waals surface area contributed by atoms with Crippen molar-refractivity contribution in [1.29, 1.82) is 0 Å². The maximum absolute atomic E-state index is 13.0. The van der Waals surface area contributed by atoms with Gasteiger partial charge in [-0.25, -0.2) is 9.37 Å². The van der Waals surface area contributed by atoms with E-state index in [1.54, 1.807) is 19.9 Å². The minimum Gasteiger partial charge on any atom is -0.441 e. The second kappa shape index (κ2) is 2.30. The summed E-state index contributed by atoms with van der Waals surface area (Å²) in [5.74, 6) is 0.325. The van der Waals surface area contributed by atoms with Crippen molar-refractivity contribution in [2.24, 2.45) is 0 Å². The smallest absolute Gasteiger partial charge is 0.192 e. The highest BCUT2D eigenvalue weighted by atomic mass is 19.1. The van der Waals surface area contributed by atoms with Gasteiger partial charge in [0.1, 0.15) is 11.3 Å². The van der Waals surface area contributed by atoms with Crippen molar-refractivity contribution < 1.29 is 8.81 Å². The Morgan fingerprint density at radius 2 is 2.08 bits per heavy atom. The average molecular weight is 165 g/mol. The zero-order chi connectivity index (χ0) is 8.72. The van der Waals surface area contributed by atoms with Gasteiger partial charge in [-0.15, -0.1) is 0 Å². The molecule has 0 saturated heterocycles. The molecule has 12 heavy (non-hydrogen) atoms. The number of halogens is 1. The molecule has 0 aliphatic heterocycles. The SMILES string of the molecule is Cc1nc2cc(F)c(C)cc2o1. The highest BCUT2D eigenvalue weighted by Gasteiger charge is 2.05. The Morgan fingerprint density at radius 1 is 1.33 bits per heavy atom. The summed E-state index contributed by atoms with van der Waals surface area (Å²) in [6.07, 6.45) is 0. The summed E-state index contributed by atoms with van der Waals surface area (Å²) in [6, 6.07) is 3.05. The van der Waals surface area contributed by atoms with Gasteiger partial charge in [0.05, 0.1) is 0 Å². The normalized spacial score (nSPS) is 10.9. The standard InChI is InChI=1S/C9H8FNO/c1-5-3-9-8(4-7(5)10)11-6(2)12-9/h3-4H,1-2H3. The van der Waals surface area contributed by atoms with E-state index >= 15 is 0 Å². The van der Waals surface area contributed by atoms with Crippen LogP contribution in [0, 0.1) is 19.7 Å². The van der Waals surface area contributed by atoms with Crippen molar-refractivity contribution in [1.82, 2.24) is 4.98 Å². The molecule has 0 radical (unpaired) electrons. The lowest BCUT2D eigenvalue weighted by Gasteiger charge is -1.92. The second-order valence-electron chi connectivity index (χ2n) is 2.80. The molecule has 0 aliphatic rings. The zero-order valence-corrected chi connectivity index (χ0v) is 6.89. The molecule has 0 saturated carbocycles. The van der Waals surface area contributed by atoms with Crippen LogP contribution >= 0.6 is 0 Å². The fraction of sp³-hybridized carbons (Fsp3) is 0.222. The van der Waals surface area contributed by atoms with E-state index in [9.17, 15) is 4.39 Å². The Labute approximate surface area is 69.0 Å². The molecule has 3 heteroatoms. The van der Waals surface area contributed by atoms with Crippen LogP contribution in [-0.2, 0) is 0 Å². The number of hydrogen-bond acceptors (Lipinski definition) is 2. The third-order valence-corrected chi connectivity index (χ3v) is 1.78. The average Bonchev–Trinajstić information content (AvgIpc) is 2.30. The molecule has 62 valence electrons. The second-order valence-corrected chi connectivity index (χ2v) is 2.80. The largest absolute Gasteiger partial charge is 0.441 e. The molecule has 2 rings (SSSR count). The number of hydrogen-bond donors (Lipinski definition) is 0. The third kappa shape index (κ3) is 0.978. The van der Waals surface area contributed by atoms with Gasteiger partial charge in [-0.1, -0.05) is 0 Å². The van der Waals surface area contributed by atoms with Crippen molar-refractivity contribution >= 4 is 11.1 Å². The molecule has 1 aromatic carbocycles. The first kappa shape index (κ1) is 7.28. The Bertz CT molecular complexity index is 394. The Morgan fingerprint density at radius 3 is 2.83 bits per heavy atom. The molecule has 1 heterocycles. The van der Waals surface area contributed by atoms with Gasteiger partial charge in [0.2, 0.25) is 0 Å². The molecule has 0 spiro atoms. The van der Waals surface area contributed by atoms with Crippen LogP contribution in [-0.4, -0.2) is 4.98 Å². The first-order valence-corrected chi connectivity index (χ1v) is 3.70. The highest BCUT2D eigenvalue weighted by molar-refractivity contribution is 5.73. The number of nitrogens with zero attached hydrogens (tertiary/aromatic N) is 1. The van der Waals surface area contributed by atoms with E-state index in [0.717, 1.165) is 0 Å². The summed E-state index contributed by atoms with van der Waals surface area (Å²) < 4.78 is 18.2. The van der Waals surface area contributed by atoms with Crippen molar-refractivity contribution in [3.63, 3.8) is 0 Å². The van der Waals surface area contributed by atoms with Crippen LogP contribution in [0.25, 0.3) is 11.1 Å². The van der Waals surface area contributed by atoms with Gasteiger partial charge < -0.3 is 4.42 Å². The van der Waals surface area contributed by atoms with E-state index in [1.165, 1.54) is 6.07 Å². The lowest BCUT2D eigenvalue weighted by Crippen LogP contribution is -1.80. The quantitative estimate of drug-likeness (QED) is 0.599. The molecule has 0 atom stereocenters. The van der Waals surface area contributed by atoms with Crippen LogP contribution in [0.1, 0.15) is 11.5 Å². The van der Waals surface area contributed by atoms with Crippen molar-refractivity contribution in [3.8, 4) is 0 Å². The number of rotatable bonds is 0. The third-order valence-electron chi connectivity index (χ3n) is 1.78. The molecular weight excluding hydrogens is 157 g/mol. The van der Waals surface area contributed by atoms with Crippen LogP contribution in [0.5, 0.6) is 0 Å². The number of fused-ring (bicyclic) bond motifs is 1. The minimum atomic E-state index is -0.240. The summed E-state index contributed by atoms with van der Waals surface area (Å²) in [5.41, 5.74) is 1.81. The lowest BCUT2D eigenvalue weighted by atomic mass is 10.2. The Balaban J connectivity index is 2.83. The van der Waals surface area contributed by atoms with Gasteiger partial charge in [0.25, 0.3) is 0 Å². The van der Waals surface area contributed by atoms with Crippen molar-refractivity contribution in [3.05, 3.63) is 29.4 Å². The summed E-state index contributed by atoms with van der Waals surface area (Å²) in [6.45, 7) is 3.44. The van der Waals surface area contributed by atoms with Crippen LogP contribution in [0.2, 0.25) is 0 Å². The van der Waals surface area contributed by atoms with Gasteiger partial charge in [0.15, 0.2) is 11.5 Å². The van der Waals surface area contributed by atoms with Crippen LogP contribution in [0.4, 0.5) is 4.39 Å². The molecule has 2 aromatic rings. The molecule has 2 nitrogen and oxygen atoms in total. The predicted molar refractivity (Wildman–Crippen MR) is 43.4 cm³/mol. The van der Waals surface area contributed by atoms with E-state index in [2.05, 4.69) is 4.98 Å². The lowest BCUT2D eigenvalue weighted by molar-refractivity contribution is 0.559. The van der Waals surface area contributed by atoms with Gasteiger partial charge >= 0.3 is 0 Å². The van der Waals surface area contributed by atoms with Crippen LogP contribution in [0.3, 0.4) is 0 Å². The van der Waals surface area contributed by atoms with Gasteiger partial charge in [-0.2, -0.15) is 0 Å². The molecule has 0 fully saturated rings. The van der Waals surface area contributed by atoms with Crippen molar-refractivity contribution in [2.45, 2.75) is 13.8 Å². The van der Waals surface area contributed by atoms with E-state index in [4.69, 9.17) is 4.42 Å². The molecular formula is C9H8FNO. The molecule has 0 aliphatic carbocycles. The first-order chi connectivity index (χ1) is 5.66. The summed E-state index contributed by atoms with van der Waals surface area (Å²) >= 11 is 0. The van der Waals surface area contributed by atoms with Crippen LogP contribution in [0.15, 0.2) is 16.5 Å². The molecule has 1 aromatic heterocycles. The first-order valence-electron chi connectivity index (χ1n) is 3.70. The summed E-state index contributed by atoms with van der Waals surface area (Å²) in [7, 11) is 0. The number of aromatic nitrogens is 1. The van der Waals surface area contributed by atoms with E-state index in [1.807, 2.05) is 0 Å². The maximum atomic E-state index is 13.0. The Hall–Kier alpha value is -1.38. The molecule has 0 bridgehead atoms. The fourth-order valence-corrected chi connectivity index (χ4v) is 1.17. The summed E-state index contributed by atoms with van der Waals surface area (Å²) in [4.78, 5) is 4.01. The van der Waals surface area contributed by atoms with E-state index in [0.29, 0.717) is 22.6 Å². The van der Waals surface area contributed by atoms with E-state index in [-0.39, 0.29) is 5.82 Å². The topological polar surface area (TPSA) is 26.0 Å². The monoisotopic (exact) mass is 165 g/mol.